The Morgan fingerprint density at radius 3 is 2.53 bits per heavy atom. The molecule has 0 fully saturated rings. The van der Waals surface area contributed by atoms with Gasteiger partial charge in [-0.3, -0.25) is 0 Å². The Labute approximate surface area is 106 Å². The second kappa shape index (κ2) is 5.84. The number of thiophene rings is 1. The molecule has 0 amide bonds. The van der Waals surface area contributed by atoms with Crippen LogP contribution in [0.25, 0.3) is 0 Å². The zero-order valence-corrected chi connectivity index (χ0v) is 10.9. The number of hydrogen-bond donors (Lipinski definition) is 0. The molecular formula is C14H16O2S. The van der Waals surface area contributed by atoms with Crippen LogP contribution in [0.4, 0.5) is 0 Å². The first-order chi connectivity index (χ1) is 8.28. The molecule has 1 heterocycles. The summed E-state index contributed by atoms with van der Waals surface area (Å²) in [6.07, 6.45) is 0. The molecule has 0 spiro atoms. The van der Waals surface area contributed by atoms with E-state index in [0.717, 1.165) is 17.4 Å². The molecule has 0 aliphatic rings. The van der Waals surface area contributed by atoms with Gasteiger partial charge in [-0.15, -0.1) is 11.3 Å². The maximum absolute atomic E-state index is 5.76. The predicted octanol–water partition coefficient (Wildman–Crippen LogP) is 4.39. The summed E-state index contributed by atoms with van der Waals surface area (Å²) in [5, 5.41) is 0.906. The van der Waals surface area contributed by atoms with Crippen LogP contribution in [-0.4, -0.2) is 6.61 Å². The molecule has 0 bridgehead atoms. The Morgan fingerprint density at radius 1 is 1.06 bits per heavy atom. The van der Waals surface area contributed by atoms with Crippen molar-refractivity contribution in [3.63, 3.8) is 0 Å². The standard InChI is InChI=1S/C14H16O2S/c1-3-15-10-13-8-9-14(17-13)16-12-6-4-11(2)5-7-12/h4-9H,3,10H2,1-2H3. The molecule has 0 aliphatic carbocycles. The van der Waals surface area contributed by atoms with E-state index in [-0.39, 0.29) is 0 Å². The molecule has 2 aromatic rings. The zero-order chi connectivity index (χ0) is 12.1. The van der Waals surface area contributed by atoms with Gasteiger partial charge in [0.05, 0.1) is 6.61 Å². The van der Waals surface area contributed by atoms with Gasteiger partial charge in [-0.2, -0.15) is 0 Å². The third kappa shape index (κ3) is 3.58. The first-order valence-electron chi connectivity index (χ1n) is 5.69. The van der Waals surface area contributed by atoms with Crippen LogP contribution in [0.15, 0.2) is 36.4 Å². The number of ether oxygens (including phenoxy) is 2. The lowest BCUT2D eigenvalue weighted by atomic mass is 10.2. The van der Waals surface area contributed by atoms with Crippen LogP contribution >= 0.6 is 11.3 Å². The van der Waals surface area contributed by atoms with Crippen LogP contribution in [0.2, 0.25) is 0 Å². The van der Waals surface area contributed by atoms with Gasteiger partial charge in [0, 0.05) is 11.5 Å². The molecule has 90 valence electrons. The summed E-state index contributed by atoms with van der Waals surface area (Å²) >= 11 is 1.62. The summed E-state index contributed by atoms with van der Waals surface area (Å²) in [6, 6.07) is 12.1. The minimum Gasteiger partial charge on any atom is -0.447 e. The average molecular weight is 248 g/mol. The van der Waals surface area contributed by atoms with Crippen LogP contribution in [-0.2, 0) is 11.3 Å². The molecule has 0 aliphatic heterocycles. The summed E-state index contributed by atoms with van der Waals surface area (Å²) < 4.78 is 11.1. The summed E-state index contributed by atoms with van der Waals surface area (Å²) in [4.78, 5) is 1.19. The lowest BCUT2D eigenvalue weighted by Crippen LogP contribution is -1.87. The summed E-state index contributed by atoms with van der Waals surface area (Å²) in [6.45, 7) is 5.47. The van der Waals surface area contributed by atoms with Crippen LogP contribution in [0.3, 0.4) is 0 Å². The number of hydrogen-bond acceptors (Lipinski definition) is 3. The third-order valence-electron chi connectivity index (χ3n) is 2.32. The van der Waals surface area contributed by atoms with Gasteiger partial charge in [0.15, 0.2) is 5.06 Å². The first kappa shape index (κ1) is 12.1. The molecule has 0 radical (unpaired) electrons. The smallest absolute Gasteiger partial charge is 0.181 e. The molecular weight excluding hydrogens is 232 g/mol. The van der Waals surface area contributed by atoms with E-state index in [2.05, 4.69) is 6.92 Å². The topological polar surface area (TPSA) is 18.5 Å². The fourth-order valence-electron chi connectivity index (χ4n) is 1.42. The molecule has 0 N–H and O–H groups in total. The van der Waals surface area contributed by atoms with Gasteiger partial charge in [0.25, 0.3) is 0 Å². The Bertz CT molecular complexity index is 459. The van der Waals surface area contributed by atoms with E-state index in [9.17, 15) is 0 Å². The van der Waals surface area contributed by atoms with E-state index < -0.39 is 0 Å². The second-order valence-electron chi connectivity index (χ2n) is 3.77. The SMILES string of the molecule is CCOCc1ccc(Oc2ccc(C)cc2)s1. The van der Waals surface area contributed by atoms with Crippen LogP contribution < -0.4 is 4.74 Å². The van der Waals surface area contributed by atoms with E-state index in [4.69, 9.17) is 9.47 Å². The van der Waals surface area contributed by atoms with E-state index in [1.807, 2.05) is 43.3 Å². The van der Waals surface area contributed by atoms with Crippen molar-refractivity contribution in [1.29, 1.82) is 0 Å². The molecule has 0 atom stereocenters. The predicted molar refractivity (Wildman–Crippen MR) is 70.9 cm³/mol. The van der Waals surface area contributed by atoms with E-state index in [1.54, 1.807) is 11.3 Å². The van der Waals surface area contributed by atoms with Crippen molar-refractivity contribution in [2.24, 2.45) is 0 Å². The summed E-state index contributed by atoms with van der Waals surface area (Å²) in [5.74, 6) is 0.875. The Hall–Kier alpha value is -1.32. The van der Waals surface area contributed by atoms with Crippen molar-refractivity contribution < 1.29 is 9.47 Å². The lowest BCUT2D eigenvalue weighted by Gasteiger charge is -2.02. The van der Waals surface area contributed by atoms with Crippen molar-refractivity contribution in [1.82, 2.24) is 0 Å². The quantitative estimate of drug-likeness (QED) is 0.781. The fraction of sp³-hybridized carbons (Fsp3) is 0.286. The monoisotopic (exact) mass is 248 g/mol. The van der Waals surface area contributed by atoms with Crippen molar-refractivity contribution in [2.45, 2.75) is 20.5 Å². The number of benzene rings is 1. The van der Waals surface area contributed by atoms with E-state index in [0.29, 0.717) is 6.61 Å². The second-order valence-corrected chi connectivity index (χ2v) is 4.90. The summed E-state index contributed by atoms with van der Waals surface area (Å²) in [7, 11) is 0. The van der Waals surface area contributed by atoms with Gasteiger partial charge in [-0.25, -0.2) is 0 Å². The fourth-order valence-corrected chi connectivity index (χ4v) is 2.23. The van der Waals surface area contributed by atoms with E-state index >= 15 is 0 Å². The third-order valence-corrected chi connectivity index (χ3v) is 3.26. The maximum atomic E-state index is 5.76. The van der Waals surface area contributed by atoms with Gasteiger partial charge >= 0.3 is 0 Å². The Morgan fingerprint density at radius 2 is 1.82 bits per heavy atom. The van der Waals surface area contributed by atoms with Crippen molar-refractivity contribution >= 4 is 11.3 Å². The highest BCUT2D eigenvalue weighted by Gasteiger charge is 2.02. The molecule has 1 aromatic heterocycles. The minimum atomic E-state index is 0.665. The lowest BCUT2D eigenvalue weighted by molar-refractivity contribution is 0.136. The van der Waals surface area contributed by atoms with Crippen molar-refractivity contribution in [2.75, 3.05) is 6.61 Å². The summed E-state index contributed by atoms with van der Waals surface area (Å²) in [5.41, 5.74) is 1.24. The molecule has 17 heavy (non-hydrogen) atoms. The molecule has 3 heteroatoms. The van der Waals surface area contributed by atoms with Gasteiger partial charge in [0.1, 0.15) is 5.75 Å². The Balaban J connectivity index is 1.98. The van der Waals surface area contributed by atoms with Crippen LogP contribution in [0.5, 0.6) is 10.8 Å². The zero-order valence-electron chi connectivity index (χ0n) is 10.1. The van der Waals surface area contributed by atoms with Crippen LogP contribution in [0.1, 0.15) is 17.4 Å². The van der Waals surface area contributed by atoms with Gasteiger partial charge in [0.2, 0.25) is 0 Å². The minimum absolute atomic E-state index is 0.665. The van der Waals surface area contributed by atoms with Crippen LogP contribution in [0, 0.1) is 6.92 Å². The Kier molecular flexibility index (Phi) is 4.18. The molecule has 2 rings (SSSR count). The number of aryl methyl sites for hydroxylation is 1. The maximum Gasteiger partial charge on any atom is 0.181 e. The highest BCUT2D eigenvalue weighted by molar-refractivity contribution is 7.13. The molecule has 2 nitrogen and oxygen atoms in total. The van der Waals surface area contributed by atoms with Crippen molar-refractivity contribution in [3.05, 3.63) is 46.8 Å². The molecule has 0 saturated heterocycles. The normalized spacial score (nSPS) is 10.5. The highest BCUT2D eigenvalue weighted by Crippen LogP contribution is 2.29. The first-order valence-corrected chi connectivity index (χ1v) is 6.50. The van der Waals surface area contributed by atoms with Crippen molar-refractivity contribution in [3.8, 4) is 10.8 Å². The average Bonchev–Trinajstić information content (AvgIpc) is 2.77. The number of rotatable bonds is 5. The largest absolute Gasteiger partial charge is 0.447 e. The van der Waals surface area contributed by atoms with Gasteiger partial charge in [-0.1, -0.05) is 17.7 Å². The molecule has 0 unspecified atom stereocenters. The highest BCUT2D eigenvalue weighted by atomic mass is 32.1. The van der Waals surface area contributed by atoms with E-state index in [1.165, 1.54) is 10.4 Å². The van der Waals surface area contributed by atoms with Gasteiger partial charge in [-0.05, 0) is 38.1 Å². The molecule has 1 aromatic carbocycles. The van der Waals surface area contributed by atoms with Gasteiger partial charge < -0.3 is 9.47 Å². The molecule has 0 saturated carbocycles.